The highest BCUT2D eigenvalue weighted by atomic mass is 16.5. The van der Waals surface area contributed by atoms with Gasteiger partial charge in [-0.2, -0.15) is 0 Å². The summed E-state index contributed by atoms with van der Waals surface area (Å²) in [5.74, 6) is 1.04. The predicted octanol–water partition coefficient (Wildman–Crippen LogP) is 4.18. The summed E-state index contributed by atoms with van der Waals surface area (Å²) < 4.78 is 11.5. The van der Waals surface area contributed by atoms with E-state index < -0.39 is 5.60 Å². The first-order valence-electron chi connectivity index (χ1n) is 9.14. The Morgan fingerprint density at radius 3 is 2.75 bits per heavy atom. The van der Waals surface area contributed by atoms with Crippen LogP contribution >= 0.6 is 0 Å². The molecule has 0 aliphatic heterocycles. The monoisotopic (exact) mass is 334 g/mol. The Labute approximate surface area is 145 Å². The van der Waals surface area contributed by atoms with Crippen molar-refractivity contribution >= 4 is 11.6 Å². The second kappa shape index (κ2) is 9.02. The van der Waals surface area contributed by atoms with Gasteiger partial charge in [0.1, 0.15) is 5.60 Å². The minimum absolute atomic E-state index is 0.0495. The molecule has 1 aromatic heterocycles. The number of hydrogen-bond donors (Lipinski definition) is 1. The van der Waals surface area contributed by atoms with E-state index in [0.717, 1.165) is 38.5 Å². The molecule has 5 nitrogen and oxygen atoms in total. The number of rotatable bonds is 8. The molecule has 0 aromatic carbocycles. The van der Waals surface area contributed by atoms with E-state index in [4.69, 9.17) is 9.47 Å². The fourth-order valence-electron chi connectivity index (χ4n) is 3.19. The lowest BCUT2D eigenvalue weighted by Gasteiger charge is -2.38. The molecule has 24 heavy (non-hydrogen) atoms. The van der Waals surface area contributed by atoms with Crippen molar-refractivity contribution in [3.63, 3.8) is 0 Å². The fourth-order valence-corrected chi connectivity index (χ4v) is 3.19. The van der Waals surface area contributed by atoms with E-state index in [1.165, 1.54) is 0 Å². The molecule has 0 saturated heterocycles. The molecule has 1 aromatic rings. The molecule has 1 fully saturated rings. The minimum atomic E-state index is -0.703. The number of amides is 1. The average Bonchev–Trinajstić information content (AvgIpc) is 2.59. The van der Waals surface area contributed by atoms with Crippen LogP contribution in [0.15, 0.2) is 18.3 Å². The molecular weight excluding hydrogens is 304 g/mol. The van der Waals surface area contributed by atoms with E-state index in [-0.39, 0.29) is 5.91 Å². The van der Waals surface area contributed by atoms with Gasteiger partial charge in [0.2, 0.25) is 5.88 Å². The van der Waals surface area contributed by atoms with Crippen molar-refractivity contribution in [2.24, 2.45) is 5.92 Å². The van der Waals surface area contributed by atoms with Gasteiger partial charge in [-0.05, 0) is 44.1 Å². The predicted molar refractivity (Wildman–Crippen MR) is 95.3 cm³/mol. The second-order valence-electron chi connectivity index (χ2n) is 6.73. The van der Waals surface area contributed by atoms with E-state index >= 15 is 0 Å². The summed E-state index contributed by atoms with van der Waals surface area (Å²) in [6.07, 6.45) is 7.25. The third kappa shape index (κ3) is 4.94. The van der Waals surface area contributed by atoms with Crippen LogP contribution in [0.3, 0.4) is 0 Å². The maximum absolute atomic E-state index is 12.9. The number of carbonyl (C=O) groups excluding carboxylic acids is 1. The highest BCUT2D eigenvalue weighted by Gasteiger charge is 2.42. The molecular formula is C19H30N2O3. The average molecular weight is 334 g/mol. The SMILES string of the molecule is CCCOc1ccc(NC(=O)[C@@]2(OCCC)CCC[C@H](C)C2)cn1. The van der Waals surface area contributed by atoms with Crippen LogP contribution in [-0.2, 0) is 9.53 Å². The molecule has 2 rings (SSSR count). The van der Waals surface area contributed by atoms with Crippen molar-refractivity contribution in [2.45, 2.75) is 64.9 Å². The van der Waals surface area contributed by atoms with Gasteiger partial charge in [0.15, 0.2) is 0 Å². The van der Waals surface area contributed by atoms with Crippen molar-refractivity contribution in [1.82, 2.24) is 4.98 Å². The van der Waals surface area contributed by atoms with Crippen LogP contribution in [0.25, 0.3) is 0 Å². The third-order valence-electron chi connectivity index (χ3n) is 4.40. The number of carbonyl (C=O) groups is 1. The third-order valence-corrected chi connectivity index (χ3v) is 4.40. The summed E-state index contributed by atoms with van der Waals surface area (Å²) in [5.41, 5.74) is -0.0213. The van der Waals surface area contributed by atoms with E-state index in [1.807, 2.05) is 6.07 Å². The van der Waals surface area contributed by atoms with Crippen molar-refractivity contribution in [2.75, 3.05) is 18.5 Å². The summed E-state index contributed by atoms with van der Waals surface area (Å²) in [5, 5.41) is 2.98. The first-order chi connectivity index (χ1) is 11.6. The van der Waals surface area contributed by atoms with Crippen LogP contribution in [0.1, 0.15) is 59.3 Å². The van der Waals surface area contributed by atoms with Gasteiger partial charge in [0.05, 0.1) is 18.5 Å². The van der Waals surface area contributed by atoms with Gasteiger partial charge in [0.25, 0.3) is 5.91 Å². The molecule has 1 aliphatic rings. The van der Waals surface area contributed by atoms with Crippen LogP contribution in [0, 0.1) is 5.92 Å². The van der Waals surface area contributed by atoms with Gasteiger partial charge < -0.3 is 14.8 Å². The smallest absolute Gasteiger partial charge is 0.256 e. The maximum atomic E-state index is 12.9. The number of ether oxygens (including phenoxy) is 2. The van der Waals surface area contributed by atoms with Crippen molar-refractivity contribution < 1.29 is 14.3 Å². The fraction of sp³-hybridized carbons (Fsp3) is 0.684. The Bertz CT molecular complexity index is 518. The van der Waals surface area contributed by atoms with Crippen molar-refractivity contribution in [3.05, 3.63) is 18.3 Å². The molecule has 5 heteroatoms. The van der Waals surface area contributed by atoms with Crippen LogP contribution < -0.4 is 10.1 Å². The quantitative estimate of drug-likeness (QED) is 0.774. The van der Waals surface area contributed by atoms with Gasteiger partial charge in [-0.1, -0.05) is 27.2 Å². The molecule has 1 amide bonds. The molecule has 2 atom stereocenters. The first-order valence-corrected chi connectivity index (χ1v) is 9.14. The molecule has 0 unspecified atom stereocenters. The minimum Gasteiger partial charge on any atom is -0.478 e. The highest BCUT2D eigenvalue weighted by molar-refractivity contribution is 5.97. The lowest BCUT2D eigenvalue weighted by atomic mass is 9.78. The van der Waals surface area contributed by atoms with E-state index in [2.05, 4.69) is 31.1 Å². The maximum Gasteiger partial charge on any atom is 0.256 e. The van der Waals surface area contributed by atoms with Gasteiger partial charge in [-0.15, -0.1) is 0 Å². The highest BCUT2D eigenvalue weighted by Crippen LogP contribution is 2.36. The number of nitrogens with zero attached hydrogens (tertiary/aromatic N) is 1. The zero-order valence-electron chi connectivity index (χ0n) is 15.1. The standard InChI is InChI=1S/C19H30N2O3/c1-4-11-23-17-9-8-16(14-20-17)21-18(22)19(24-12-5-2)10-6-7-15(3)13-19/h8-9,14-15H,4-7,10-13H2,1-3H3,(H,21,22)/t15-,19+/m0/s1. The lowest BCUT2D eigenvalue weighted by Crippen LogP contribution is -2.48. The summed E-state index contributed by atoms with van der Waals surface area (Å²) in [7, 11) is 0. The van der Waals surface area contributed by atoms with E-state index in [1.54, 1.807) is 12.3 Å². The normalized spacial score (nSPS) is 23.7. The molecule has 0 bridgehead atoms. The van der Waals surface area contributed by atoms with E-state index in [9.17, 15) is 4.79 Å². The lowest BCUT2D eigenvalue weighted by molar-refractivity contribution is -0.148. The molecule has 0 spiro atoms. The number of nitrogens with one attached hydrogen (secondary N) is 1. The number of pyridine rings is 1. The molecule has 134 valence electrons. The zero-order valence-corrected chi connectivity index (χ0v) is 15.1. The molecule has 1 saturated carbocycles. The summed E-state index contributed by atoms with van der Waals surface area (Å²) in [6.45, 7) is 7.57. The zero-order chi connectivity index (χ0) is 17.4. The first kappa shape index (κ1) is 18.7. The summed E-state index contributed by atoms with van der Waals surface area (Å²) >= 11 is 0. The van der Waals surface area contributed by atoms with Crippen LogP contribution in [0.4, 0.5) is 5.69 Å². The topological polar surface area (TPSA) is 60.5 Å². The number of hydrogen-bond acceptors (Lipinski definition) is 4. The van der Waals surface area contributed by atoms with Crippen molar-refractivity contribution in [3.8, 4) is 5.88 Å². The Balaban J connectivity index is 2.04. The second-order valence-corrected chi connectivity index (χ2v) is 6.73. The Morgan fingerprint density at radius 1 is 1.33 bits per heavy atom. The molecule has 1 heterocycles. The van der Waals surface area contributed by atoms with Crippen LogP contribution in [-0.4, -0.2) is 29.7 Å². The van der Waals surface area contributed by atoms with E-state index in [0.29, 0.717) is 30.7 Å². The Morgan fingerprint density at radius 2 is 2.12 bits per heavy atom. The summed E-state index contributed by atoms with van der Waals surface area (Å²) in [6, 6.07) is 3.62. The molecule has 1 aliphatic carbocycles. The van der Waals surface area contributed by atoms with Crippen LogP contribution in [0.2, 0.25) is 0 Å². The van der Waals surface area contributed by atoms with Gasteiger partial charge in [-0.3, -0.25) is 4.79 Å². The van der Waals surface area contributed by atoms with Gasteiger partial charge in [-0.25, -0.2) is 4.98 Å². The molecule has 0 radical (unpaired) electrons. The number of aromatic nitrogens is 1. The van der Waals surface area contributed by atoms with Crippen molar-refractivity contribution in [1.29, 1.82) is 0 Å². The molecule has 1 N–H and O–H groups in total. The largest absolute Gasteiger partial charge is 0.478 e. The van der Waals surface area contributed by atoms with Crippen LogP contribution in [0.5, 0.6) is 5.88 Å². The van der Waals surface area contributed by atoms with Gasteiger partial charge in [0, 0.05) is 12.7 Å². The Hall–Kier alpha value is -1.62. The Kier molecular flexibility index (Phi) is 7.03. The van der Waals surface area contributed by atoms with Gasteiger partial charge >= 0.3 is 0 Å². The summed E-state index contributed by atoms with van der Waals surface area (Å²) in [4.78, 5) is 17.1. The number of anilines is 1.